The highest BCUT2D eigenvalue weighted by atomic mass is 16.5. The molecular weight excluding hydrogens is 320 g/mol. The maximum absolute atomic E-state index is 12.8. The third-order valence-corrected chi connectivity index (χ3v) is 4.69. The highest BCUT2D eigenvalue weighted by Gasteiger charge is 2.29. The summed E-state index contributed by atoms with van der Waals surface area (Å²) in [7, 11) is 1.29. The Morgan fingerprint density at radius 2 is 1.96 bits per heavy atom. The van der Waals surface area contributed by atoms with Crippen molar-refractivity contribution in [2.75, 3.05) is 25.1 Å². The van der Waals surface area contributed by atoms with E-state index in [9.17, 15) is 14.4 Å². The molecule has 2 rings (SSSR count). The van der Waals surface area contributed by atoms with E-state index in [1.165, 1.54) is 18.9 Å². The highest BCUT2D eigenvalue weighted by Crippen LogP contribution is 2.24. The van der Waals surface area contributed by atoms with Crippen LogP contribution >= 0.6 is 0 Å². The molecule has 0 bridgehead atoms. The summed E-state index contributed by atoms with van der Waals surface area (Å²) in [6.45, 7) is 4.13. The first-order valence-electron chi connectivity index (χ1n) is 8.74. The van der Waals surface area contributed by atoms with Gasteiger partial charge >= 0.3 is 5.97 Å². The molecule has 1 aliphatic heterocycles. The van der Waals surface area contributed by atoms with Crippen LogP contribution in [0.15, 0.2) is 24.3 Å². The number of carbonyl (C=O) groups excluding carboxylic acids is 3. The number of esters is 1. The zero-order chi connectivity index (χ0) is 18.4. The maximum atomic E-state index is 12.8. The van der Waals surface area contributed by atoms with E-state index in [0.29, 0.717) is 5.69 Å². The molecule has 1 saturated heterocycles. The van der Waals surface area contributed by atoms with Gasteiger partial charge in [-0.25, -0.2) is 4.79 Å². The Morgan fingerprint density at radius 1 is 1.24 bits per heavy atom. The minimum Gasteiger partial charge on any atom is -0.465 e. The van der Waals surface area contributed by atoms with E-state index >= 15 is 0 Å². The van der Waals surface area contributed by atoms with Gasteiger partial charge in [-0.2, -0.15) is 0 Å². The first kappa shape index (κ1) is 19.0. The van der Waals surface area contributed by atoms with Crippen LogP contribution in [0.3, 0.4) is 0 Å². The van der Waals surface area contributed by atoms with Crippen LogP contribution in [0.5, 0.6) is 0 Å². The summed E-state index contributed by atoms with van der Waals surface area (Å²) in [6.07, 6.45) is 4.02. The number of amides is 2. The Hall–Kier alpha value is -2.37. The van der Waals surface area contributed by atoms with Crippen molar-refractivity contribution in [1.29, 1.82) is 0 Å². The van der Waals surface area contributed by atoms with Gasteiger partial charge in [0.2, 0.25) is 11.8 Å². The zero-order valence-electron chi connectivity index (χ0n) is 15.2. The molecular formula is C19H26N2O4. The van der Waals surface area contributed by atoms with Crippen LogP contribution in [-0.2, 0) is 14.3 Å². The van der Waals surface area contributed by atoms with Crippen molar-refractivity contribution in [3.8, 4) is 0 Å². The van der Waals surface area contributed by atoms with Crippen LogP contribution in [0.1, 0.15) is 49.9 Å². The molecule has 0 spiro atoms. The topological polar surface area (TPSA) is 66.9 Å². The summed E-state index contributed by atoms with van der Waals surface area (Å²) in [4.78, 5) is 40.2. The molecule has 1 atom stereocenters. The molecule has 0 aliphatic carbocycles. The average molecular weight is 346 g/mol. The Kier molecular flexibility index (Phi) is 6.56. The number of piperidine rings is 1. The number of likely N-dealkylation sites (tertiary alicyclic amines) is 1. The number of nitrogens with zero attached hydrogens (tertiary/aromatic N) is 2. The van der Waals surface area contributed by atoms with E-state index in [0.717, 1.165) is 32.2 Å². The van der Waals surface area contributed by atoms with Gasteiger partial charge in [-0.15, -0.1) is 0 Å². The minimum absolute atomic E-state index is 0.0696. The quantitative estimate of drug-likeness (QED) is 0.769. The fourth-order valence-electron chi connectivity index (χ4n) is 3.34. The fourth-order valence-corrected chi connectivity index (χ4v) is 3.34. The minimum atomic E-state index is -0.529. The number of hydrogen-bond acceptors (Lipinski definition) is 4. The normalized spacial score (nSPS) is 17.1. The van der Waals surface area contributed by atoms with Crippen molar-refractivity contribution in [2.45, 2.75) is 45.6 Å². The van der Waals surface area contributed by atoms with Crippen molar-refractivity contribution < 1.29 is 19.1 Å². The predicted molar refractivity (Wildman–Crippen MR) is 95.5 cm³/mol. The lowest BCUT2D eigenvalue weighted by molar-refractivity contribution is -0.134. The highest BCUT2D eigenvalue weighted by molar-refractivity contribution is 6.04. The van der Waals surface area contributed by atoms with Crippen LogP contribution in [0.2, 0.25) is 0 Å². The SMILES string of the molecule is CCC1CCCCN1C(=O)CN(C(C)=O)c1ccccc1C(=O)OC. The van der Waals surface area contributed by atoms with Crippen LogP contribution in [0.25, 0.3) is 0 Å². The second kappa shape index (κ2) is 8.65. The summed E-state index contributed by atoms with van der Waals surface area (Å²) in [6, 6.07) is 6.92. The Labute approximate surface area is 148 Å². The molecule has 1 aromatic rings. The second-order valence-corrected chi connectivity index (χ2v) is 6.26. The Bertz CT molecular complexity index is 644. The van der Waals surface area contributed by atoms with Crippen LogP contribution < -0.4 is 4.90 Å². The fraction of sp³-hybridized carbons (Fsp3) is 0.526. The lowest BCUT2D eigenvalue weighted by Crippen LogP contribution is -2.49. The number of para-hydroxylation sites is 1. The Balaban J connectivity index is 2.26. The number of benzene rings is 1. The standard InChI is InChI=1S/C19H26N2O4/c1-4-15-9-7-8-12-20(15)18(23)13-21(14(2)22)17-11-6-5-10-16(17)19(24)25-3/h5-6,10-11,15H,4,7-9,12-13H2,1-3H3. The first-order chi connectivity index (χ1) is 12.0. The van der Waals surface area contributed by atoms with E-state index < -0.39 is 5.97 Å². The molecule has 1 fully saturated rings. The second-order valence-electron chi connectivity index (χ2n) is 6.26. The van der Waals surface area contributed by atoms with Crippen molar-refractivity contribution >= 4 is 23.5 Å². The molecule has 0 saturated carbocycles. The van der Waals surface area contributed by atoms with Gasteiger partial charge in [-0.1, -0.05) is 19.1 Å². The molecule has 1 heterocycles. The van der Waals surface area contributed by atoms with Crippen molar-refractivity contribution in [3.05, 3.63) is 29.8 Å². The van der Waals surface area contributed by atoms with Gasteiger partial charge < -0.3 is 14.5 Å². The van der Waals surface area contributed by atoms with Gasteiger partial charge in [-0.05, 0) is 37.8 Å². The van der Waals surface area contributed by atoms with E-state index in [2.05, 4.69) is 6.92 Å². The van der Waals surface area contributed by atoms with Gasteiger partial charge in [0.05, 0.1) is 18.4 Å². The molecule has 6 heteroatoms. The average Bonchev–Trinajstić information content (AvgIpc) is 2.65. The molecule has 2 amide bonds. The number of carbonyl (C=O) groups is 3. The molecule has 25 heavy (non-hydrogen) atoms. The smallest absolute Gasteiger partial charge is 0.339 e. The summed E-state index contributed by atoms with van der Waals surface area (Å²) in [5, 5.41) is 0. The van der Waals surface area contributed by atoms with E-state index in [1.807, 2.05) is 4.90 Å². The molecule has 0 radical (unpaired) electrons. The summed E-state index contributed by atoms with van der Waals surface area (Å²) < 4.78 is 4.79. The maximum Gasteiger partial charge on any atom is 0.339 e. The first-order valence-corrected chi connectivity index (χ1v) is 8.74. The zero-order valence-corrected chi connectivity index (χ0v) is 15.2. The van der Waals surface area contributed by atoms with Gasteiger partial charge in [-0.3, -0.25) is 9.59 Å². The number of hydrogen-bond donors (Lipinski definition) is 0. The lowest BCUT2D eigenvalue weighted by atomic mass is 10.00. The largest absolute Gasteiger partial charge is 0.465 e. The van der Waals surface area contributed by atoms with Crippen molar-refractivity contribution in [3.63, 3.8) is 0 Å². The predicted octanol–water partition coefficient (Wildman–Crippen LogP) is 2.62. The van der Waals surface area contributed by atoms with E-state index in [-0.39, 0.29) is 30.0 Å². The van der Waals surface area contributed by atoms with Gasteiger partial charge in [0.1, 0.15) is 6.54 Å². The van der Waals surface area contributed by atoms with Gasteiger partial charge in [0.15, 0.2) is 0 Å². The number of rotatable bonds is 5. The number of methoxy groups -OCH3 is 1. The number of ether oxygens (including phenoxy) is 1. The molecule has 6 nitrogen and oxygen atoms in total. The summed E-state index contributed by atoms with van der Waals surface area (Å²) >= 11 is 0. The Morgan fingerprint density at radius 3 is 2.60 bits per heavy atom. The monoisotopic (exact) mass is 346 g/mol. The van der Waals surface area contributed by atoms with Crippen LogP contribution in [-0.4, -0.2) is 48.9 Å². The molecule has 0 N–H and O–H groups in total. The molecule has 1 aliphatic rings. The molecule has 1 aromatic carbocycles. The van der Waals surface area contributed by atoms with E-state index in [1.54, 1.807) is 24.3 Å². The molecule has 136 valence electrons. The lowest BCUT2D eigenvalue weighted by Gasteiger charge is -2.36. The van der Waals surface area contributed by atoms with Crippen molar-refractivity contribution in [1.82, 2.24) is 4.90 Å². The van der Waals surface area contributed by atoms with Gasteiger partial charge in [0, 0.05) is 19.5 Å². The van der Waals surface area contributed by atoms with Crippen LogP contribution in [0.4, 0.5) is 5.69 Å². The van der Waals surface area contributed by atoms with Crippen molar-refractivity contribution in [2.24, 2.45) is 0 Å². The van der Waals surface area contributed by atoms with Gasteiger partial charge in [0.25, 0.3) is 0 Å². The molecule has 0 aromatic heterocycles. The third kappa shape index (κ3) is 4.38. The molecule has 1 unspecified atom stereocenters. The number of anilines is 1. The van der Waals surface area contributed by atoms with E-state index in [4.69, 9.17) is 4.74 Å². The summed E-state index contributed by atoms with van der Waals surface area (Å²) in [5.74, 6) is -0.894. The van der Waals surface area contributed by atoms with Crippen LogP contribution in [0, 0.1) is 0 Å². The summed E-state index contributed by atoms with van der Waals surface area (Å²) in [5.41, 5.74) is 0.680. The third-order valence-electron chi connectivity index (χ3n) is 4.69.